The van der Waals surface area contributed by atoms with E-state index < -0.39 is 0 Å². The molecule has 5 rings (SSSR count). The van der Waals surface area contributed by atoms with E-state index in [0.29, 0.717) is 12.6 Å². The number of fused-ring (bicyclic) bond motifs is 1. The van der Waals surface area contributed by atoms with Gasteiger partial charge in [0.25, 0.3) is 5.56 Å². The van der Waals surface area contributed by atoms with Gasteiger partial charge >= 0.3 is 0 Å². The van der Waals surface area contributed by atoms with Crippen molar-refractivity contribution in [3.05, 3.63) is 87.0 Å². The molecule has 37 heavy (non-hydrogen) atoms. The van der Waals surface area contributed by atoms with E-state index in [1.54, 1.807) is 0 Å². The van der Waals surface area contributed by atoms with Crippen LogP contribution in [0.2, 0.25) is 0 Å². The largest absolute Gasteiger partial charge is 0.321 e. The van der Waals surface area contributed by atoms with Crippen LogP contribution in [-0.2, 0) is 13.0 Å². The number of nitrogens with zero attached hydrogens (tertiary/aromatic N) is 5. The number of nitrogens with one attached hydrogen (secondary N) is 1. The third kappa shape index (κ3) is 5.37. The van der Waals surface area contributed by atoms with Gasteiger partial charge in [-0.25, -0.2) is 4.68 Å². The lowest BCUT2D eigenvalue weighted by Gasteiger charge is -2.34. The molecule has 1 aliphatic carbocycles. The van der Waals surface area contributed by atoms with Crippen molar-refractivity contribution in [2.75, 3.05) is 6.54 Å². The van der Waals surface area contributed by atoms with Gasteiger partial charge in [-0.05, 0) is 77.6 Å². The second-order valence-corrected chi connectivity index (χ2v) is 10.9. The van der Waals surface area contributed by atoms with Gasteiger partial charge in [0.1, 0.15) is 0 Å². The Bertz CT molecular complexity index is 1420. The molecular weight excluding hydrogens is 460 g/mol. The molecule has 1 atom stereocenters. The van der Waals surface area contributed by atoms with Crippen molar-refractivity contribution < 1.29 is 0 Å². The summed E-state index contributed by atoms with van der Waals surface area (Å²) < 4.78 is 2.08. The molecule has 2 heterocycles. The summed E-state index contributed by atoms with van der Waals surface area (Å²) in [5.74, 6) is 1.18. The summed E-state index contributed by atoms with van der Waals surface area (Å²) >= 11 is 0. The van der Waals surface area contributed by atoms with Gasteiger partial charge in [-0.15, -0.1) is 5.10 Å². The van der Waals surface area contributed by atoms with Gasteiger partial charge in [0.15, 0.2) is 5.82 Å². The number of tetrazole rings is 1. The minimum Gasteiger partial charge on any atom is -0.321 e. The molecule has 0 amide bonds. The molecule has 1 saturated carbocycles. The van der Waals surface area contributed by atoms with Crippen molar-refractivity contribution in [3.8, 4) is 0 Å². The summed E-state index contributed by atoms with van der Waals surface area (Å²) in [5, 5.41) is 14.2. The number of benzene rings is 2. The van der Waals surface area contributed by atoms with E-state index in [9.17, 15) is 4.79 Å². The van der Waals surface area contributed by atoms with Gasteiger partial charge in [-0.1, -0.05) is 69.2 Å². The lowest BCUT2D eigenvalue weighted by atomic mass is 9.98. The first kappa shape index (κ1) is 25.3. The van der Waals surface area contributed by atoms with Crippen molar-refractivity contribution in [1.29, 1.82) is 0 Å². The third-order valence-electron chi connectivity index (χ3n) is 7.95. The van der Waals surface area contributed by atoms with Gasteiger partial charge in [0, 0.05) is 18.7 Å². The zero-order chi connectivity index (χ0) is 25.9. The van der Waals surface area contributed by atoms with Crippen LogP contribution >= 0.6 is 0 Å². The van der Waals surface area contributed by atoms with E-state index in [1.807, 2.05) is 19.1 Å². The van der Waals surface area contributed by atoms with Gasteiger partial charge in [0.05, 0.1) is 17.6 Å². The Labute approximate surface area is 218 Å². The van der Waals surface area contributed by atoms with Crippen LogP contribution in [0.3, 0.4) is 0 Å². The highest BCUT2D eigenvalue weighted by atomic mass is 16.1. The first-order chi connectivity index (χ1) is 17.9. The monoisotopic (exact) mass is 498 g/mol. The van der Waals surface area contributed by atoms with E-state index in [2.05, 4.69) is 87.3 Å². The molecule has 0 saturated heterocycles. The van der Waals surface area contributed by atoms with Crippen LogP contribution < -0.4 is 5.56 Å². The van der Waals surface area contributed by atoms with E-state index in [0.717, 1.165) is 53.7 Å². The Morgan fingerprint density at radius 1 is 1.03 bits per heavy atom. The number of pyridine rings is 1. The Hall–Kier alpha value is -3.32. The number of rotatable bonds is 9. The Morgan fingerprint density at radius 2 is 1.78 bits per heavy atom. The number of aromatic nitrogens is 5. The van der Waals surface area contributed by atoms with Gasteiger partial charge < -0.3 is 4.98 Å². The van der Waals surface area contributed by atoms with Crippen molar-refractivity contribution >= 4 is 10.9 Å². The van der Waals surface area contributed by atoms with Gasteiger partial charge in [-0.2, -0.15) is 0 Å². The van der Waals surface area contributed by atoms with E-state index in [4.69, 9.17) is 0 Å². The second kappa shape index (κ2) is 11.0. The Kier molecular flexibility index (Phi) is 7.51. The highest BCUT2D eigenvalue weighted by molar-refractivity contribution is 5.81. The van der Waals surface area contributed by atoms with E-state index in [1.165, 1.54) is 24.0 Å². The Morgan fingerprint density at radius 3 is 2.54 bits per heavy atom. The average molecular weight is 499 g/mol. The molecule has 0 radical (unpaired) electrons. The molecule has 1 aliphatic rings. The molecule has 1 fully saturated rings. The van der Waals surface area contributed by atoms with Crippen LogP contribution in [0.15, 0.2) is 53.3 Å². The number of hydrogen-bond donors (Lipinski definition) is 1. The fourth-order valence-electron chi connectivity index (χ4n) is 5.92. The zero-order valence-electron chi connectivity index (χ0n) is 22.4. The van der Waals surface area contributed by atoms with Crippen LogP contribution in [-0.4, -0.2) is 36.6 Å². The lowest BCUT2D eigenvalue weighted by molar-refractivity contribution is 0.133. The van der Waals surface area contributed by atoms with E-state index >= 15 is 0 Å². The predicted molar refractivity (Wildman–Crippen MR) is 147 cm³/mol. The second-order valence-electron chi connectivity index (χ2n) is 10.9. The molecule has 0 bridgehead atoms. The molecule has 0 unspecified atom stereocenters. The van der Waals surface area contributed by atoms with Crippen LogP contribution in [0, 0.1) is 19.8 Å². The molecule has 4 aromatic rings. The predicted octanol–water partition coefficient (Wildman–Crippen LogP) is 5.69. The van der Waals surface area contributed by atoms with Crippen molar-refractivity contribution in [2.24, 2.45) is 5.92 Å². The van der Waals surface area contributed by atoms with Crippen LogP contribution in [0.25, 0.3) is 10.9 Å². The number of aromatic amines is 1. The SMILES string of the molecule is Cc1ccccc1CCN(Cc1cc2cccc(C)c2[nH]c1=O)[C@H](c1nnnn1C1CCCC1)C(C)C. The molecular formula is C30H38N6O. The third-order valence-corrected chi connectivity index (χ3v) is 7.95. The summed E-state index contributed by atoms with van der Waals surface area (Å²) in [4.78, 5) is 18.8. The summed E-state index contributed by atoms with van der Waals surface area (Å²) in [6, 6.07) is 17.1. The lowest BCUT2D eigenvalue weighted by Crippen LogP contribution is -2.37. The molecule has 2 aromatic carbocycles. The van der Waals surface area contributed by atoms with Gasteiger partial charge in [-0.3, -0.25) is 9.69 Å². The number of para-hydroxylation sites is 1. The molecule has 7 nitrogen and oxygen atoms in total. The highest BCUT2D eigenvalue weighted by Gasteiger charge is 2.32. The number of hydrogen-bond acceptors (Lipinski definition) is 5. The standard InChI is InChI=1S/C30H38N6O/c1-20(2)28(29-32-33-34-36(29)26-14-7-8-15-26)35(17-16-23-12-6-5-10-21(23)3)19-25-18-24-13-9-11-22(4)27(24)31-30(25)37/h5-6,9-13,18,20,26,28H,7-8,14-17,19H2,1-4H3,(H,31,37)/t28-/m0/s1. The summed E-state index contributed by atoms with van der Waals surface area (Å²) in [6.07, 6.45) is 5.58. The summed E-state index contributed by atoms with van der Waals surface area (Å²) in [5.41, 5.74) is 5.35. The quantitative estimate of drug-likeness (QED) is 0.321. The van der Waals surface area contributed by atoms with Crippen LogP contribution in [0.1, 0.15) is 79.7 Å². The summed E-state index contributed by atoms with van der Waals surface area (Å²) in [7, 11) is 0. The van der Waals surface area contributed by atoms with E-state index in [-0.39, 0.29) is 17.5 Å². The van der Waals surface area contributed by atoms with Crippen molar-refractivity contribution in [3.63, 3.8) is 0 Å². The van der Waals surface area contributed by atoms with Crippen LogP contribution in [0.5, 0.6) is 0 Å². The zero-order valence-corrected chi connectivity index (χ0v) is 22.4. The highest BCUT2D eigenvalue weighted by Crippen LogP contribution is 2.35. The fraction of sp³-hybridized carbons (Fsp3) is 0.467. The maximum atomic E-state index is 13.3. The molecule has 1 N–H and O–H groups in total. The normalized spacial score (nSPS) is 15.3. The minimum absolute atomic E-state index is 0.00720. The molecule has 7 heteroatoms. The van der Waals surface area contributed by atoms with Gasteiger partial charge in [0.2, 0.25) is 0 Å². The molecule has 0 aliphatic heterocycles. The smallest absolute Gasteiger partial charge is 0.252 e. The number of aryl methyl sites for hydroxylation is 2. The molecule has 194 valence electrons. The van der Waals surface area contributed by atoms with Crippen LogP contribution in [0.4, 0.5) is 0 Å². The maximum Gasteiger partial charge on any atom is 0.252 e. The first-order valence-electron chi connectivity index (χ1n) is 13.6. The number of H-pyrrole nitrogens is 1. The topological polar surface area (TPSA) is 79.7 Å². The molecule has 0 spiro atoms. The fourth-order valence-corrected chi connectivity index (χ4v) is 5.92. The maximum absolute atomic E-state index is 13.3. The minimum atomic E-state index is -0.0272. The molecule has 2 aromatic heterocycles. The Balaban J connectivity index is 1.53. The van der Waals surface area contributed by atoms with Crippen molar-refractivity contribution in [2.45, 2.75) is 78.4 Å². The first-order valence-corrected chi connectivity index (χ1v) is 13.6. The average Bonchev–Trinajstić information content (AvgIpc) is 3.57. The summed E-state index contributed by atoms with van der Waals surface area (Å²) in [6.45, 7) is 9.99. The van der Waals surface area contributed by atoms with Crippen molar-refractivity contribution in [1.82, 2.24) is 30.1 Å².